The van der Waals surface area contributed by atoms with Crippen LogP contribution in [0.1, 0.15) is 38.0 Å². The third kappa shape index (κ3) is 6.42. The van der Waals surface area contributed by atoms with Crippen LogP contribution in [0.2, 0.25) is 20.1 Å². The van der Waals surface area contributed by atoms with E-state index in [0.717, 1.165) is 4.90 Å². The molecule has 0 aromatic heterocycles. The fraction of sp³-hybridized carbons (Fsp3) is 0.125. The molecule has 182 valence electrons. The highest BCUT2D eigenvalue weighted by atomic mass is 35.5. The van der Waals surface area contributed by atoms with Crippen molar-refractivity contribution in [1.29, 1.82) is 0 Å². The van der Waals surface area contributed by atoms with Crippen LogP contribution in [-0.2, 0) is 0 Å². The number of Topliss-reactive ketones (excluding diaryl/α,β-unsaturated/α-hetero) is 1. The Labute approximate surface area is 225 Å². The summed E-state index contributed by atoms with van der Waals surface area (Å²) in [7, 11) is 0. The minimum atomic E-state index is -1.48. The molecule has 0 aliphatic heterocycles. The van der Waals surface area contributed by atoms with Crippen LogP contribution in [0.4, 0.5) is 5.69 Å². The van der Waals surface area contributed by atoms with Crippen molar-refractivity contribution < 1.29 is 24.2 Å². The van der Waals surface area contributed by atoms with Crippen molar-refractivity contribution in [3.05, 3.63) is 85.3 Å². The van der Waals surface area contributed by atoms with Crippen LogP contribution in [0.15, 0.2) is 53.4 Å². The normalized spacial score (nSPS) is 10.7. The fourth-order valence-corrected chi connectivity index (χ4v) is 4.82. The molecule has 0 heterocycles. The molecule has 0 aliphatic carbocycles. The molecule has 35 heavy (non-hydrogen) atoms. The Bertz CT molecular complexity index is 1280. The number of halogens is 4. The quantitative estimate of drug-likeness (QED) is 0.118. The number of aromatic carboxylic acids is 1. The highest BCUT2D eigenvalue weighted by molar-refractivity contribution is 8.00. The number of anilines is 1. The lowest BCUT2D eigenvalue weighted by molar-refractivity contribution is 0.0692. The van der Waals surface area contributed by atoms with Crippen molar-refractivity contribution in [3.63, 3.8) is 0 Å². The van der Waals surface area contributed by atoms with Crippen molar-refractivity contribution in [2.45, 2.75) is 11.8 Å². The predicted octanol–water partition coefficient (Wildman–Crippen LogP) is 7.62. The average molecular weight is 573 g/mol. The molecular formula is C24H17Cl4NO5S. The molecule has 3 aromatic rings. The maximum absolute atomic E-state index is 12.8. The smallest absolute Gasteiger partial charge is 0.338 e. The predicted molar refractivity (Wildman–Crippen MR) is 141 cm³/mol. The lowest BCUT2D eigenvalue weighted by Gasteiger charge is -2.14. The Morgan fingerprint density at radius 3 is 1.97 bits per heavy atom. The molecule has 11 heteroatoms. The van der Waals surface area contributed by atoms with E-state index < -0.39 is 23.0 Å². The molecule has 0 unspecified atom stereocenters. The maximum atomic E-state index is 12.8. The van der Waals surface area contributed by atoms with E-state index in [1.165, 1.54) is 11.8 Å². The van der Waals surface area contributed by atoms with Crippen molar-refractivity contribution >= 4 is 81.5 Å². The Kier molecular flexibility index (Phi) is 9.33. The number of carboxylic acids is 1. The van der Waals surface area contributed by atoms with Gasteiger partial charge in [0.15, 0.2) is 5.78 Å². The van der Waals surface area contributed by atoms with Gasteiger partial charge < -0.3 is 15.2 Å². The van der Waals surface area contributed by atoms with Gasteiger partial charge in [-0.3, -0.25) is 9.59 Å². The van der Waals surface area contributed by atoms with E-state index in [4.69, 9.17) is 51.1 Å². The van der Waals surface area contributed by atoms with Gasteiger partial charge in [-0.1, -0.05) is 46.4 Å². The minimum Gasteiger partial charge on any atom is -0.494 e. The monoisotopic (exact) mass is 571 g/mol. The number of thioether (sulfide) groups is 1. The second kappa shape index (κ2) is 12.0. The largest absolute Gasteiger partial charge is 0.494 e. The first-order valence-electron chi connectivity index (χ1n) is 10.0. The standard InChI is InChI=1S/C24H17Cl4NO5S/c1-2-34-14-7-3-12(4-8-14)16(30)11-35-15-9-5-13(6-10-15)29-23(31)17-18(24(32)33)20(26)22(28)21(27)19(17)25/h3-10H,2,11H2,1H3,(H,29,31)(H,32,33). The van der Waals surface area contributed by atoms with Gasteiger partial charge in [0.05, 0.1) is 43.6 Å². The molecule has 0 saturated carbocycles. The van der Waals surface area contributed by atoms with Crippen molar-refractivity contribution in [1.82, 2.24) is 0 Å². The number of hydrogen-bond donors (Lipinski definition) is 2. The Hall–Kier alpha value is -2.42. The number of hydrogen-bond acceptors (Lipinski definition) is 5. The molecule has 0 fully saturated rings. The van der Waals surface area contributed by atoms with Crippen LogP contribution in [0.25, 0.3) is 0 Å². The van der Waals surface area contributed by atoms with Crippen LogP contribution in [0.5, 0.6) is 5.75 Å². The van der Waals surface area contributed by atoms with Gasteiger partial charge in [0.25, 0.3) is 5.91 Å². The molecule has 0 aliphatic rings. The number of benzene rings is 3. The number of nitrogens with one attached hydrogen (secondary N) is 1. The second-order valence-corrected chi connectivity index (χ2v) is 9.52. The summed E-state index contributed by atoms with van der Waals surface area (Å²) in [5.41, 5.74) is -0.00969. The molecule has 3 aromatic carbocycles. The van der Waals surface area contributed by atoms with E-state index in [1.807, 2.05) is 6.92 Å². The van der Waals surface area contributed by atoms with Gasteiger partial charge >= 0.3 is 5.97 Å². The van der Waals surface area contributed by atoms with Gasteiger partial charge in [-0.05, 0) is 55.5 Å². The molecule has 0 spiro atoms. The zero-order valence-corrected chi connectivity index (χ0v) is 21.9. The summed E-state index contributed by atoms with van der Waals surface area (Å²) < 4.78 is 5.38. The van der Waals surface area contributed by atoms with Gasteiger partial charge in [0, 0.05) is 16.1 Å². The molecule has 2 N–H and O–H groups in total. The summed E-state index contributed by atoms with van der Waals surface area (Å²) in [6.07, 6.45) is 0. The number of rotatable bonds is 9. The SMILES string of the molecule is CCOc1ccc(C(=O)CSc2ccc(NC(=O)c3c(Cl)c(Cl)c(Cl)c(Cl)c3C(=O)O)cc2)cc1. The second-order valence-electron chi connectivity index (χ2n) is 6.96. The number of ether oxygens (including phenoxy) is 1. The third-order valence-electron chi connectivity index (χ3n) is 4.68. The fourth-order valence-electron chi connectivity index (χ4n) is 3.01. The first kappa shape index (κ1) is 27.2. The minimum absolute atomic E-state index is 0.0391. The molecule has 6 nitrogen and oxygen atoms in total. The Morgan fingerprint density at radius 1 is 0.857 bits per heavy atom. The van der Waals surface area contributed by atoms with Gasteiger partial charge in [-0.25, -0.2) is 4.79 Å². The first-order chi connectivity index (χ1) is 16.6. The highest BCUT2D eigenvalue weighted by Crippen LogP contribution is 2.41. The summed E-state index contributed by atoms with van der Waals surface area (Å²) in [6, 6.07) is 13.6. The number of amides is 1. The summed E-state index contributed by atoms with van der Waals surface area (Å²) in [6.45, 7) is 2.44. The van der Waals surface area contributed by atoms with Crippen molar-refractivity contribution in [2.24, 2.45) is 0 Å². The van der Waals surface area contributed by atoms with Gasteiger partial charge in [-0.2, -0.15) is 0 Å². The van der Waals surface area contributed by atoms with Crippen molar-refractivity contribution in [2.75, 3.05) is 17.7 Å². The van der Waals surface area contributed by atoms with Crippen LogP contribution >= 0.6 is 58.2 Å². The lowest BCUT2D eigenvalue weighted by atomic mass is 10.1. The number of carbonyl (C=O) groups is 3. The summed E-state index contributed by atoms with van der Waals surface area (Å²) in [4.78, 5) is 37.7. The molecular weight excluding hydrogens is 556 g/mol. The third-order valence-corrected chi connectivity index (χ3v) is 7.49. The molecule has 0 radical (unpaired) electrons. The van der Waals surface area contributed by atoms with Crippen LogP contribution in [-0.4, -0.2) is 35.1 Å². The molecule has 0 bridgehead atoms. The van der Waals surface area contributed by atoms with Crippen molar-refractivity contribution in [3.8, 4) is 5.75 Å². The molecule has 0 saturated heterocycles. The van der Waals surface area contributed by atoms with Gasteiger partial charge in [0.2, 0.25) is 0 Å². The highest BCUT2D eigenvalue weighted by Gasteiger charge is 2.28. The molecule has 3 rings (SSSR count). The number of carboxylic acid groups (broad SMARTS) is 1. The van der Waals surface area contributed by atoms with Crippen LogP contribution < -0.4 is 10.1 Å². The van der Waals surface area contributed by atoms with E-state index in [-0.39, 0.29) is 31.6 Å². The summed E-state index contributed by atoms with van der Waals surface area (Å²) in [5.74, 6) is -1.42. The number of carbonyl (C=O) groups excluding carboxylic acids is 2. The topological polar surface area (TPSA) is 92.7 Å². The van der Waals surface area contributed by atoms with Gasteiger partial charge in [-0.15, -0.1) is 11.8 Å². The van der Waals surface area contributed by atoms with E-state index in [1.54, 1.807) is 48.5 Å². The zero-order chi connectivity index (χ0) is 25.7. The van der Waals surface area contributed by atoms with E-state index in [9.17, 15) is 19.5 Å². The zero-order valence-electron chi connectivity index (χ0n) is 18.0. The Balaban J connectivity index is 1.68. The van der Waals surface area contributed by atoms with E-state index in [2.05, 4.69) is 5.32 Å². The molecule has 0 atom stereocenters. The van der Waals surface area contributed by atoms with E-state index in [0.29, 0.717) is 23.6 Å². The molecule has 1 amide bonds. The lowest BCUT2D eigenvalue weighted by Crippen LogP contribution is -2.18. The first-order valence-corrected chi connectivity index (χ1v) is 12.5. The maximum Gasteiger partial charge on any atom is 0.338 e. The van der Waals surface area contributed by atoms with E-state index >= 15 is 0 Å². The average Bonchev–Trinajstić information content (AvgIpc) is 2.84. The van der Waals surface area contributed by atoms with Crippen LogP contribution in [0.3, 0.4) is 0 Å². The summed E-state index contributed by atoms with van der Waals surface area (Å²) >= 11 is 25.4. The summed E-state index contributed by atoms with van der Waals surface area (Å²) in [5, 5.41) is 10.9. The Morgan fingerprint density at radius 2 is 1.43 bits per heavy atom. The number of ketones is 1. The van der Waals surface area contributed by atoms with Crippen LogP contribution in [0, 0.1) is 0 Å². The van der Waals surface area contributed by atoms with Gasteiger partial charge in [0.1, 0.15) is 5.75 Å².